The number of aryl methyl sites for hydroxylation is 2. The van der Waals surface area contributed by atoms with Crippen molar-refractivity contribution in [1.82, 2.24) is 0 Å². The first-order chi connectivity index (χ1) is 15.2. The van der Waals surface area contributed by atoms with Crippen molar-refractivity contribution < 1.29 is 17.9 Å². The summed E-state index contributed by atoms with van der Waals surface area (Å²) in [6.07, 6.45) is 1.00. The van der Waals surface area contributed by atoms with E-state index in [1.54, 1.807) is 42.5 Å². The van der Waals surface area contributed by atoms with Gasteiger partial charge in [-0.15, -0.1) is 0 Å². The Labute approximate surface area is 189 Å². The quantitative estimate of drug-likeness (QED) is 0.470. The average Bonchev–Trinajstić information content (AvgIpc) is 2.76. The van der Waals surface area contributed by atoms with Crippen LogP contribution in [0.25, 0.3) is 0 Å². The summed E-state index contributed by atoms with van der Waals surface area (Å²) in [6.45, 7) is 7.84. The Bertz CT molecular complexity index is 1190. The summed E-state index contributed by atoms with van der Waals surface area (Å²) in [5, 5.41) is 2.78. The SMILES string of the molecule is CCC(C)Oc1ccc(C(=O)Nc2ccc(S(=O)(=O)Nc3ccc(C)cc3C)cc2)cc1. The highest BCUT2D eigenvalue weighted by molar-refractivity contribution is 7.92. The third kappa shape index (κ3) is 5.88. The number of carbonyl (C=O) groups is 1. The number of hydrogen-bond acceptors (Lipinski definition) is 4. The Morgan fingerprint density at radius 3 is 2.22 bits per heavy atom. The zero-order chi connectivity index (χ0) is 23.3. The van der Waals surface area contributed by atoms with Crippen LogP contribution in [0.3, 0.4) is 0 Å². The van der Waals surface area contributed by atoms with E-state index in [2.05, 4.69) is 10.0 Å². The minimum absolute atomic E-state index is 0.105. The van der Waals surface area contributed by atoms with Gasteiger partial charge in [-0.3, -0.25) is 9.52 Å². The summed E-state index contributed by atoms with van der Waals surface area (Å²) in [4.78, 5) is 12.6. The molecule has 1 amide bonds. The van der Waals surface area contributed by atoms with Crippen LogP contribution in [0.5, 0.6) is 5.75 Å². The number of rotatable bonds is 8. The predicted molar refractivity (Wildman–Crippen MR) is 128 cm³/mol. The van der Waals surface area contributed by atoms with Crippen molar-refractivity contribution in [3.63, 3.8) is 0 Å². The number of benzene rings is 3. The van der Waals surface area contributed by atoms with Gasteiger partial charge in [0.15, 0.2) is 0 Å². The molecule has 2 N–H and O–H groups in total. The van der Waals surface area contributed by atoms with Crippen molar-refractivity contribution in [3.8, 4) is 5.75 Å². The number of hydrogen-bond donors (Lipinski definition) is 2. The zero-order valence-corrected chi connectivity index (χ0v) is 19.5. The highest BCUT2D eigenvalue weighted by Crippen LogP contribution is 2.22. The number of anilines is 2. The topological polar surface area (TPSA) is 84.5 Å². The maximum atomic E-state index is 12.7. The van der Waals surface area contributed by atoms with Gasteiger partial charge < -0.3 is 10.1 Å². The van der Waals surface area contributed by atoms with Crippen LogP contribution < -0.4 is 14.8 Å². The molecule has 7 heteroatoms. The van der Waals surface area contributed by atoms with Crippen molar-refractivity contribution in [2.24, 2.45) is 0 Å². The van der Waals surface area contributed by atoms with E-state index in [1.165, 1.54) is 12.1 Å². The summed E-state index contributed by atoms with van der Waals surface area (Å²) >= 11 is 0. The van der Waals surface area contributed by atoms with E-state index in [9.17, 15) is 13.2 Å². The highest BCUT2D eigenvalue weighted by atomic mass is 32.2. The van der Waals surface area contributed by atoms with Crippen molar-refractivity contribution >= 4 is 27.3 Å². The molecule has 3 rings (SSSR count). The van der Waals surface area contributed by atoms with Gasteiger partial charge in [0.2, 0.25) is 0 Å². The smallest absolute Gasteiger partial charge is 0.261 e. The van der Waals surface area contributed by atoms with E-state index >= 15 is 0 Å². The fourth-order valence-electron chi connectivity index (χ4n) is 3.05. The van der Waals surface area contributed by atoms with Gasteiger partial charge in [0.25, 0.3) is 15.9 Å². The third-order valence-corrected chi connectivity index (χ3v) is 6.46. The summed E-state index contributed by atoms with van der Waals surface area (Å²) < 4.78 is 33.8. The van der Waals surface area contributed by atoms with E-state index in [1.807, 2.05) is 39.8 Å². The Kier molecular flexibility index (Phi) is 7.20. The van der Waals surface area contributed by atoms with Gasteiger partial charge in [0.1, 0.15) is 5.75 Å². The van der Waals surface area contributed by atoms with Crippen LogP contribution in [0.1, 0.15) is 41.8 Å². The molecule has 0 aromatic heterocycles. The molecule has 3 aromatic carbocycles. The Hall–Kier alpha value is -3.32. The second kappa shape index (κ2) is 9.87. The van der Waals surface area contributed by atoms with Crippen LogP contribution in [0, 0.1) is 13.8 Å². The molecule has 0 heterocycles. The van der Waals surface area contributed by atoms with Crippen LogP contribution in [-0.2, 0) is 10.0 Å². The number of ether oxygens (including phenoxy) is 1. The predicted octanol–water partition coefficient (Wildman–Crippen LogP) is 5.53. The Balaban J connectivity index is 1.66. The van der Waals surface area contributed by atoms with Crippen LogP contribution in [0.4, 0.5) is 11.4 Å². The van der Waals surface area contributed by atoms with Crippen molar-refractivity contribution in [3.05, 3.63) is 83.4 Å². The average molecular weight is 453 g/mol. The standard InChI is InChI=1S/C25H28N2O4S/c1-5-19(4)31-22-11-7-20(8-12-22)25(28)26-21-9-13-23(14-10-21)32(29,30)27-24-15-6-17(2)16-18(24)3/h6-16,19,27H,5H2,1-4H3,(H,26,28). The molecule has 0 aliphatic heterocycles. The molecular weight excluding hydrogens is 424 g/mol. The lowest BCUT2D eigenvalue weighted by Crippen LogP contribution is -2.15. The summed E-state index contributed by atoms with van der Waals surface area (Å²) in [5.74, 6) is 0.422. The van der Waals surface area contributed by atoms with Gasteiger partial charge in [-0.05, 0) is 87.4 Å². The van der Waals surface area contributed by atoms with Crippen molar-refractivity contribution in [2.45, 2.75) is 45.1 Å². The molecule has 3 aromatic rings. The second-order valence-corrected chi connectivity index (χ2v) is 9.45. The number of amides is 1. The van der Waals surface area contributed by atoms with E-state index in [0.717, 1.165) is 17.5 Å². The van der Waals surface area contributed by atoms with Gasteiger partial charge in [-0.25, -0.2) is 8.42 Å². The normalized spacial score (nSPS) is 12.1. The molecule has 0 aliphatic carbocycles. The maximum Gasteiger partial charge on any atom is 0.261 e. The molecule has 0 fully saturated rings. The molecule has 1 unspecified atom stereocenters. The first-order valence-corrected chi connectivity index (χ1v) is 11.9. The summed E-state index contributed by atoms with van der Waals surface area (Å²) in [5.41, 5.74) is 3.42. The van der Waals surface area contributed by atoms with Crippen molar-refractivity contribution in [2.75, 3.05) is 10.0 Å². The van der Waals surface area contributed by atoms with Gasteiger partial charge in [-0.1, -0.05) is 24.6 Å². The van der Waals surface area contributed by atoms with Crippen LogP contribution >= 0.6 is 0 Å². The fraction of sp³-hybridized carbons (Fsp3) is 0.240. The lowest BCUT2D eigenvalue weighted by Gasteiger charge is -2.13. The lowest BCUT2D eigenvalue weighted by molar-refractivity contribution is 0.102. The van der Waals surface area contributed by atoms with Crippen LogP contribution in [-0.4, -0.2) is 20.4 Å². The molecule has 6 nitrogen and oxygen atoms in total. The molecule has 0 saturated carbocycles. The number of nitrogens with one attached hydrogen (secondary N) is 2. The summed E-state index contributed by atoms with van der Waals surface area (Å²) in [7, 11) is -3.74. The number of sulfonamides is 1. The molecule has 0 bridgehead atoms. The molecule has 32 heavy (non-hydrogen) atoms. The second-order valence-electron chi connectivity index (χ2n) is 7.76. The maximum absolute atomic E-state index is 12.7. The summed E-state index contributed by atoms with van der Waals surface area (Å²) in [6, 6.07) is 18.5. The van der Waals surface area contributed by atoms with Gasteiger partial charge in [0, 0.05) is 11.3 Å². The molecule has 0 saturated heterocycles. The monoisotopic (exact) mass is 452 g/mol. The fourth-order valence-corrected chi connectivity index (χ4v) is 4.18. The van der Waals surface area contributed by atoms with Crippen LogP contribution in [0.15, 0.2) is 71.6 Å². The third-order valence-electron chi connectivity index (χ3n) is 5.08. The molecular formula is C25H28N2O4S. The van der Waals surface area contributed by atoms with Crippen LogP contribution in [0.2, 0.25) is 0 Å². The molecule has 1 atom stereocenters. The van der Waals surface area contributed by atoms with E-state index < -0.39 is 10.0 Å². The van der Waals surface area contributed by atoms with Gasteiger partial charge >= 0.3 is 0 Å². The molecule has 0 radical (unpaired) electrons. The zero-order valence-electron chi connectivity index (χ0n) is 18.7. The van der Waals surface area contributed by atoms with Gasteiger partial charge in [0.05, 0.1) is 16.7 Å². The van der Waals surface area contributed by atoms with E-state index in [0.29, 0.717) is 22.7 Å². The Morgan fingerprint density at radius 1 is 0.969 bits per heavy atom. The lowest BCUT2D eigenvalue weighted by atomic mass is 10.1. The molecule has 0 spiro atoms. The largest absolute Gasteiger partial charge is 0.491 e. The highest BCUT2D eigenvalue weighted by Gasteiger charge is 2.16. The molecule has 0 aliphatic rings. The Morgan fingerprint density at radius 2 is 1.62 bits per heavy atom. The minimum Gasteiger partial charge on any atom is -0.491 e. The molecule has 168 valence electrons. The van der Waals surface area contributed by atoms with E-state index in [4.69, 9.17) is 4.74 Å². The number of carbonyl (C=O) groups excluding carboxylic acids is 1. The first-order valence-electron chi connectivity index (χ1n) is 10.5. The minimum atomic E-state index is -3.74. The van der Waals surface area contributed by atoms with Gasteiger partial charge in [-0.2, -0.15) is 0 Å². The van der Waals surface area contributed by atoms with Crippen molar-refractivity contribution in [1.29, 1.82) is 0 Å². The first kappa shape index (κ1) is 23.3. The van der Waals surface area contributed by atoms with E-state index in [-0.39, 0.29) is 16.9 Å².